The highest BCUT2D eigenvalue weighted by molar-refractivity contribution is 7.92. The van der Waals surface area contributed by atoms with Crippen molar-refractivity contribution in [2.24, 2.45) is 5.92 Å². The smallest absolute Gasteiger partial charge is 0.254 e. The van der Waals surface area contributed by atoms with E-state index in [1.807, 2.05) is 10.8 Å². The van der Waals surface area contributed by atoms with Crippen LogP contribution < -0.4 is 4.72 Å². The molecule has 1 aliphatic rings. The first-order valence-corrected chi connectivity index (χ1v) is 8.44. The van der Waals surface area contributed by atoms with Crippen molar-refractivity contribution < 1.29 is 13.2 Å². The largest absolute Gasteiger partial charge is 0.338 e. The Bertz CT molecular complexity index is 552. The molecule has 1 atom stereocenters. The Morgan fingerprint density at radius 2 is 2.42 bits per heavy atom. The minimum Gasteiger partial charge on any atom is -0.338 e. The minimum absolute atomic E-state index is 0.0235. The molecule has 104 valence electrons. The van der Waals surface area contributed by atoms with Crippen LogP contribution in [0.5, 0.6) is 0 Å². The number of hydrogen-bond donors (Lipinski definition) is 1. The van der Waals surface area contributed by atoms with Crippen molar-refractivity contribution in [3.63, 3.8) is 0 Å². The molecule has 7 heteroatoms. The topological polar surface area (TPSA) is 66.5 Å². The summed E-state index contributed by atoms with van der Waals surface area (Å²) in [5.41, 5.74) is 0.706. The molecule has 19 heavy (non-hydrogen) atoms. The summed E-state index contributed by atoms with van der Waals surface area (Å²) in [7, 11) is -3.38. The fourth-order valence-electron chi connectivity index (χ4n) is 2.05. The van der Waals surface area contributed by atoms with Gasteiger partial charge in [0, 0.05) is 30.4 Å². The van der Waals surface area contributed by atoms with Crippen LogP contribution >= 0.6 is 11.3 Å². The van der Waals surface area contributed by atoms with E-state index in [9.17, 15) is 13.2 Å². The quantitative estimate of drug-likeness (QED) is 0.890. The van der Waals surface area contributed by atoms with Crippen LogP contribution in [0.25, 0.3) is 0 Å². The summed E-state index contributed by atoms with van der Waals surface area (Å²) in [6.45, 7) is 4.86. The van der Waals surface area contributed by atoms with Gasteiger partial charge in [-0.1, -0.05) is 6.58 Å². The summed E-state index contributed by atoms with van der Waals surface area (Å²) in [6.07, 6.45) is 0.815. The summed E-state index contributed by atoms with van der Waals surface area (Å²) in [6, 6.07) is 1.81. The second-order valence-corrected chi connectivity index (χ2v) is 6.97. The lowest BCUT2D eigenvalue weighted by molar-refractivity contribution is 0.0788. The number of amides is 1. The molecule has 0 aromatic carbocycles. The Morgan fingerprint density at radius 1 is 1.63 bits per heavy atom. The van der Waals surface area contributed by atoms with Crippen molar-refractivity contribution in [1.82, 2.24) is 9.62 Å². The molecule has 1 aromatic heterocycles. The maximum atomic E-state index is 12.1. The van der Waals surface area contributed by atoms with Crippen LogP contribution in [-0.4, -0.2) is 38.9 Å². The monoisotopic (exact) mass is 300 g/mol. The first kappa shape index (κ1) is 14.2. The molecular weight excluding hydrogens is 284 g/mol. The standard InChI is InChI=1S/C12H16N2O3S2/c1-2-19(16,17)13-7-10-3-5-14(8-10)12(15)11-4-6-18-9-11/h2,4,6,9-10,13H,1,3,5,7-8H2. The van der Waals surface area contributed by atoms with Gasteiger partial charge in [-0.25, -0.2) is 13.1 Å². The van der Waals surface area contributed by atoms with Crippen molar-refractivity contribution in [3.05, 3.63) is 34.4 Å². The summed E-state index contributed by atoms with van der Waals surface area (Å²) < 4.78 is 25.0. The predicted molar refractivity (Wildman–Crippen MR) is 75.4 cm³/mol. The van der Waals surface area contributed by atoms with Gasteiger partial charge in [0.05, 0.1) is 5.56 Å². The van der Waals surface area contributed by atoms with Crippen LogP contribution in [0.15, 0.2) is 28.8 Å². The molecule has 1 amide bonds. The molecule has 5 nitrogen and oxygen atoms in total. The zero-order valence-electron chi connectivity index (χ0n) is 10.4. The molecule has 1 N–H and O–H groups in total. The van der Waals surface area contributed by atoms with E-state index in [4.69, 9.17) is 0 Å². The Kier molecular flexibility index (Phi) is 4.38. The number of nitrogens with one attached hydrogen (secondary N) is 1. The minimum atomic E-state index is -3.38. The molecule has 0 radical (unpaired) electrons. The lowest BCUT2D eigenvalue weighted by Gasteiger charge is -2.15. The third kappa shape index (κ3) is 3.65. The van der Waals surface area contributed by atoms with Gasteiger partial charge in [0.1, 0.15) is 0 Å². The molecule has 1 fully saturated rings. The molecule has 2 heterocycles. The average molecular weight is 300 g/mol. The van der Waals surface area contributed by atoms with E-state index >= 15 is 0 Å². The van der Waals surface area contributed by atoms with Gasteiger partial charge in [-0.3, -0.25) is 4.79 Å². The lowest BCUT2D eigenvalue weighted by Crippen LogP contribution is -2.32. The van der Waals surface area contributed by atoms with Crippen molar-refractivity contribution >= 4 is 27.3 Å². The highest BCUT2D eigenvalue weighted by Crippen LogP contribution is 2.19. The number of sulfonamides is 1. The molecule has 0 bridgehead atoms. The SMILES string of the molecule is C=CS(=O)(=O)NCC1CCN(C(=O)c2ccsc2)C1. The fraction of sp³-hybridized carbons (Fsp3) is 0.417. The van der Waals surface area contributed by atoms with Crippen LogP contribution in [0.2, 0.25) is 0 Å². The van der Waals surface area contributed by atoms with Gasteiger partial charge in [-0.05, 0) is 23.8 Å². The lowest BCUT2D eigenvalue weighted by atomic mass is 10.1. The zero-order valence-corrected chi connectivity index (χ0v) is 12.0. The molecule has 0 aliphatic carbocycles. The number of rotatable bonds is 5. The van der Waals surface area contributed by atoms with Crippen molar-refractivity contribution in [3.8, 4) is 0 Å². The molecule has 1 saturated heterocycles. The first-order valence-electron chi connectivity index (χ1n) is 5.95. The average Bonchev–Trinajstić information content (AvgIpc) is 3.07. The second kappa shape index (κ2) is 5.85. The van der Waals surface area contributed by atoms with E-state index < -0.39 is 10.0 Å². The van der Waals surface area contributed by atoms with E-state index in [2.05, 4.69) is 11.3 Å². The van der Waals surface area contributed by atoms with E-state index in [-0.39, 0.29) is 11.8 Å². The zero-order chi connectivity index (χ0) is 13.9. The molecule has 1 aromatic rings. The third-order valence-corrected chi connectivity index (χ3v) is 4.82. The number of carbonyl (C=O) groups is 1. The van der Waals surface area contributed by atoms with Crippen LogP contribution in [0.4, 0.5) is 0 Å². The molecule has 1 aliphatic heterocycles. The summed E-state index contributed by atoms with van der Waals surface area (Å²) in [4.78, 5) is 13.9. The van der Waals surface area contributed by atoms with Gasteiger partial charge in [0.15, 0.2) is 0 Å². The fourth-order valence-corrected chi connectivity index (χ4v) is 3.26. The molecule has 0 saturated carbocycles. The number of likely N-dealkylation sites (tertiary alicyclic amines) is 1. The van der Waals surface area contributed by atoms with E-state index in [1.54, 1.807) is 11.0 Å². The van der Waals surface area contributed by atoms with Gasteiger partial charge in [0.25, 0.3) is 5.91 Å². The van der Waals surface area contributed by atoms with Crippen molar-refractivity contribution in [2.45, 2.75) is 6.42 Å². The van der Waals surface area contributed by atoms with Crippen LogP contribution in [0.3, 0.4) is 0 Å². The number of nitrogens with zero attached hydrogens (tertiary/aromatic N) is 1. The Labute approximate surface area is 117 Å². The van der Waals surface area contributed by atoms with Crippen LogP contribution in [0.1, 0.15) is 16.8 Å². The van der Waals surface area contributed by atoms with Crippen LogP contribution in [-0.2, 0) is 10.0 Å². The first-order chi connectivity index (χ1) is 9.02. The molecule has 1 unspecified atom stereocenters. The maximum Gasteiger partial charge on any atom is 0.254 e. The molecule has 2 rings (SSSR count). The third-order valence-electron chi connectivity index (χ3n) is 3.13. The van der Waals surface area contributed by atoms with Gasteiger partial charge >= 0.3 is 0 Å². The number of hydrogen-bond acceptors (Lipinski definition) is 4. The Balaban J connectivity index is 1.87. The highest BCUT2D eigenvalue weighted by Gasteiger charge is 2.27. The van der Waals surface area contributed by atoms with E-state index in [0.29, 0.717) is 25.2 Å². The predicted octanol–water partition coefficient (Wildman–Crippen LogP) is 1.27. The second-order valence-electron chi connectivity index (χ2n) is 4.48. The molecule has 0 spiro atoms. The van der Waals surface area contributed by atoms with Gasteiger partial charge in [-0.15, -0.1) is 0 Å². The highest BCUT2D eigenvalue weighted by atomic mass is 32.2. The Hall–Kier alpha value is -1.18. The maximum absolute atomic E-state index is 12.1. The van der Waals surface area contributed by atoms with E-state index in [1.165, 1.54) is 11.3 Å². The van der Waals surface area contributed by atoms with Crippen molar-refractivity contribution in [2.75, 3.05) is 19.6 Å². The summed E-state index contributed by atoms with van der Waals surface area (Å²) >= 11 is 1.49. The molecular formula is C12H16N2O3S2. The van der Waals surface area contributed by atoms with E-state index in [0.717, 1.165) is 11.8 Å². The van der Waals surface area contributed by atoms with Gasteiger partial charge in [-0.2, -0.15) is 11.3 Å². The summed E-state index contributed by atoms with van der Waals surface area (Å²) in [5, 5.41) is 4.60. The van der Waals surface area contributed by atoms with Gasteiger partial charge < -0.3 is 4.90 Å². The van der Waals surface area contributed by atoms with Crippen molar-refractivity contribution in [1.29, 1.82) is 0 Å². The Morgan fingerprint density at radius 3 is 3.05 bits per heavy atom. The summed E-state index contributed by atoms with van der Waals surface area (Å²) in [5.74, 6) is 0.188. The van der Waals surface area contributed by atoms with Crippen LogP contribution in [0, 0.1) is 5.92 Å². The van der Waals surface area contributed by atoms with Gasteiger partial charge in [0.2, 0.25) is 10.0 Å². The normalized spacial score (nSPS) is 19.6. The number of carbonyl (C=O) groups excluding carboxylic acids is 1. The number of thiophene rings is 1.